The Bertz CT molecular complexity index is 489. The lowest BCUT2D eigenvalue weighted by molar-refractivity contribution is 0.0994. The molecule has 1 aromatic rings. The molecule has 1 amide bonds. The molecule has 1 aromatic carbocycles. The summed E-state index contributed by atoms with van der Waals surface area (Å²) < 4.78 is 10.4. The number of nitrogens with zero attached hydrogens (tertiary/aromatic N) is 1. The van der Waals surface area contributed by atoms with E-state index in [1.807, 2.05) is 19.0 Å². The fourth-order valence-electron chi connectivity index (χ4n) is 1.82. The number of anilines is 2. The Labute approximate surface area is 118 Å². The maximum atomic E-state index is 11.5. The second kappa shape index (κ2) is 6.85. The molecular formula is C13H22N4O3. The monoisotopic (exact) mass is 282 g/mol. The predicted molar refractivity (Wildman–Crippen MR) is 79.5 cm³/mol. The third-order valence-corrected chi connectivity index (χ3v) is 2.83. The summed E-state index contributed by atoms with van der Waals surface area (Å²) in [7, 11) is 6.84. The van der Waals surface area contributed by atoms with E-state index in [2.05, 4.69) is 5.32 Å². The number of carbonyl (C=O) groups excluding carboxylic acids is 1. The molecule has 0 aliphatic carbocycles. The maximum Gasteiger partial charge on any atom is 0.256 e. The number of amides is 1. The molecule has 1 rings (SSSR count). The summed E-state index contributed by atoms with van der Waals surface area (Å²) in [5.41, 5.74) is 12.5. The number of nitrogens with one attached hydrogen (secondary N) is 1. The SMILES string of the molecule is COc1cc(NCCN(C)C)c(N)c(OC)c1C(N)=O. The average Bonchev–Trinajstić information content (AvgIpc) is 2.39. The summed E-state index contributed by atoms with van der Waals surface area (Å²) in [6, 6.07) is 1.65. The van der Waals surface area contributed by atoms with E-state index in [9.17, 15) is 4.79 Å². The van der Waals surface area contributed by atoms with Crippen molar-refractivity contribution < 1.29 is 14.3 Å². The number of hydrogen-bond donors (Lipinski definition) is 3. The molecule has 0 fully saturated rings. The Morgan fingerprint density at radius 3 is 2.45 bits per heavy atom. The third kappa shape index (κ3) is 3.45. The molecule has 112 valence electrons. The minimum atomic E-state index is -0.648. The van der Waals surface area contributed by atoms with Gasteiger partial charge in [0.05, 0.1) is 25.6 Å². The third-order valence-electron chi connectivity index (χ3n) is 2.83. The fraction of sp³-hybridized carbons (Fsp3) is 0.462. The molecule has 0 saturated carbocycles. The number of nitrogens with two attached hydrogens (primary N) is 2. The van der Waals surface area contributed by atoms with Gasteiger partial charge in [-0.2, -0.15) is 0 Å². The van der Waals surface area contributed by atoms with E-state index in [0.717, 1.165) is 6.54 Å². The van der Waals surface area contributed by atoms with Gasteiger partial charge in [0.25, 0.3) is 5.91 Å². The average molecular weight is 282 g/mol. The van der Waals surface area contributed by atoms with Crippen molar-refractivity contribution in [2.75, 3.05) is 52.5 Å². The lowest BCUT2D eigenvalue weighted by Gasteiger charge is -2.18. The molecule has 0 aromatic heterocycles. The highest BCUT2D eigenvalue weighted by molar-refractivity contribution is 6.02. The first kappa shape index (κ1) is 15.9. The van der Waals surface area contributed by atoms with Crippen LogP contribution in [0.3, 0.4) is 0 Å². The maximum absolute atomic E-state index is 11.5. The summed E-state index contributed by atoms with van der Waals surface area (Å²) in [6.07, 6.45) is 0. The van der Waals surface area contributed by atoms with Gasteiger partial charge in [-0.3, -0.25) is 4.79 Å². The molecule has 0 bridgehead atoms. The van der Waals surface area contributed by atoms with Crippen LogP contribution in [0.25, 0.3) is 0 Å². The van der Waals surface area contributed by atoms with Crippen LogP contribution in [0.5, 0.6) is 11.5 Å². The molecule has 0 aliphatic heterocycles. The predicted octanol–water partition coefficient (Wildman–Crippen LogP) is 0.358. The van der Waals surface area contributed by atoms with Gasteiger partial charge in [0.15, 0.2) is 5.75 Å². The lowest BCUT2D eigenvalue weighted by Crippen LogP contribution is -2.22. The summed E-state index contributed by atoms with van der Waals surface area (Å²) in [5.74, 6) is -0.0923. The molecular weight excluding hydrogens is 260 g/mol. The van der Waals surface area contributed by atoms with Crippen molar-refractivity contribution in [1.29, 1.82) is 0 Å². The van der Waals surface area contributed by atoms with E-state index in [1.54, 1.807) is 6.07 Å². The van der Waals surface area contributed by atoms with Crippen molar-refractivity contribution in [1.82, 2.24) is 4.90 Å². The number of primary amides is 1. The van der Waals surface area contributed by atoms with Crippen molar-refractivity contribution in [2.45, 2.75) is 0 Å². The Morgan fingerprint density at radius 1 is 1.35 bits per heavy atom. The molecule has 7 heteroatoms. The smallest absolute Gasteiger partial charge is 0.256 e. The number of methoxy groups -OCH3 is 2. The van der Waals surface area contributed by atoms with Gasteiger partial charge < -0.3 is 31.2 Å². The lowest BCUT2D eigenvalue weighted by atomic mass is 10.1. The van der Waals surface area contributed by atoms with Crippen molar-refractivity contribution in [2.24, 2.45) is 5.73 Å². The van der Waals surface area contributed by atoms with Crippen LogP contribution in [0.4, 0.5) is 11.4 Å². The van der Waals surface area contributed by atoms with Crippen LogP contribution in [0, 0.1) is 0 Å². The second-order valence-corrected chi connectivity index (χ2v) is 4.54. The van der Waals surface area contributed by atoms with Crippen molar-refractivity contribution in [3.63, 3.8) is 0 Å². The van der Waals surface area contributed by atoms with Gasteiger partial charge in [-0.1, -0.05) is 0 Å². The van der Waals surface area contributed by atoms with E-state index in [0.29, 0.717) is 23.7 Å². The molecule has 0 atom stereocenters. The van der Waals surface area contributed by atoms with E-state index in [1.165, 1.54) is 14.2 Å². The number of carbonyl (C=O) groups is 1. The highest BCUT2D eigenvalue weighted by Crippen LogP contribution is 2.39. The molecule has 0 unspecified atom stereocenters. The van der Waals surface area contributed by atoms with E-state index >= 15 is 0 Å². The molecule has 0 heterocycles. The standard InChI is InChI=1S/C13H22N4O3/c1-17(2)6-5-16-8-7-9(19-3)10(13(15)18)12(20-4)11(8)14/h7,16H,5-6,14H2,1-4H3,(H2,15,18). The number of hydrogen-bond acceptors (Lipinski definition) is 6. The molecule has 0 spiro atoms. The van der Waals surface area contributed by atoms with E-state index < -0.39 is 5.91 Å². The first-order chi connectivity index (χ1) is 9.42. The largest absolute Gasteiger partial charge is 0.496 e. The van der Waals surface area contributed by atoms with Crippen molar-refractivity contribution >= 4 is 17.3 Å². The number of benzene rings is 1. The van der Waals surface area contributed by atoms with Gasteiger partial charge in [0.1, 0.15) is 11.3 Å². The van der Waals surface area contributed by atoms with Crippen LogP contribution in [0.2, 0.25) is 0 Å². The van der Waals surface area contributed by atoms with Gasteiger partial charge >= 0.3 is 0 Å². The highest BCUT2D eigenvalue weighted by Gasteiger charge is 2.21. The van der Waals surface area contributed by atoms with Crippen LogP contribution < -0.4 is 26.3 Å². The fourth-order valence-corrected chi connectivity index (χ4v) is 1.82. The summed E-state index contributed by atoms with van der Waals surface area (Å²) >= 11 is 0. The number of rotatable bonds is 7. The highest BCUT2D eigenvalue weighted by atomic mass is 16.5. The molecule has 5 N–H and O–H groups in total. The minimum absolute atomic E-state index is 0.144. The van der Waals surface area contributed by atoms with Crippen LogP contribution in [0.15, 0.2) is 6.07 Å². The van der Waals surface area contributed by atoms with Gasteiger partial charge in [0, 0.05) is 19.2 Å². The Kier molecular flexibility index (Phi) is 5.45. The van der Waals surface area contributed by atoms with Gasteiger partial charge in [-0.05, 0) is 14.1 Å². The molecule has 0 saturated heterocycles. The summed E-state index contributed by atoms with van der Waals surface area (Å²) in [4.78, 5) is 13.5. The zero-order chi connectivity index (χ0) is 15.3. The first-order valence-corrected chi connectivity index (χ1v) is 6.15. The first-order valence-electron chi connectivity index (χ1n) is 6.15. The van der Waals surface area contributed by atoms with E-state index in [4.69, 9.17) is 20.9 Å². The Morgan fingerprint density at radius 2 is 2.00 bits per heavy atom. The van der Waals surface area contributed by atoms with Crippen LogP contribution in [-0.4, -0.2) is 52.2 Å². The van der Waals surface area contributed by atoms with Crippen LogP contribution in [-0.2, 0) is 0 Å². The molecule has 20 heavy (non-hydrogen) atoms. The Balaban J connectivity index is 3.17. The van der Waals surface area contributed by atoms with Crippen molar-refractivity contribution in [3.8, 4) is 11.5 Å². The second-order valence-electron chi connectivity index (χ2n) is 4.54. The van der Waals surface area contributed by atoms with E-state index in [-0.39, 0.29) is 11.3 Å². The van der Waals surface area contributed by atoms with Crippen LogP contribution in [0.1, 0.15) is 10.4 Å². The summed E-state index contributed by atoms with van der Waals surface area (Å²) in [6.45, 7) is 1.53. The zero-order valence-corrected chi connectivity index (χ0v) is 12.3. The molecule has 7 nitrogen and oxygen atoms in total. The zero-order valence-electron chi connectivity index (χ0n) is 12.3. The van der Waals surface area contributed by atoms with Crippen LogP contribution >= 0.6 is 0 Å². The minimum Gasteiger partial charge on any atom is -0.496 e. The quantitative estimate of drug-likeness (QED) is 0.624. The number of nitrogen functional groups attached to an aromatic ring is 1. The Hall–Kier alpha value is -2.15. The van der Waals surface area contributed by atoms with Gasteiger partial charge in [-0.25, -0.2) is 0 Å². The number of ether oxygens (including phenoxy) is 2. The van der Waals surface area contributed by atoms with Crippen molar-refractivity contribution in [3.05, 3.63) is 11.6 Å². The molecule has 0 radical (unpaired) electrons. The topological polar surface area (TPSA) is 103 Å². The summed E-state index contributed by atoms with van der Waals surface area (Å²) in [5, 5.41) is 3.18. The van der Waals surface area contributed by atoms with Gasteiger partial charge in [-0.15, -0.1) is 0 Å². The normalized spacial score (nSPS) is 10.4. The van der Waals surface area contributed by atoms with Gasteiger partial charge in [0.2, 0.25) is 0 Å². The molecule has 0 aliphatic rings. The number of likely N-dealkylation sites (N-methyl/N-ethyl adjacent to an activating group) is 1.